The molecule has 1 atom stereocenters. The van der Waals surface area contributed by atoms with Gasteiger partial charge < -0.3 is 9.84 Å². The molecule has 0 aromatic heterocycles. The Morgan fingerprint density at radius 3 is 2.79 bits per heavy atom. The fourth-order valence-corrected chi connectivity index (χ4v) is 1.05. The van der Waals surface area contributed by atoms with Gasteiger partial charge in [-0.05, 0) is 19.4 Å². The molecule has 0 spiro atoms. The zero-order valence-corrected chi connectivity index (χ0v) is 8.24. The topological polar surface area (TPSA) is 29.5 Å². The molecule has 0 aliphatic heterocycles. The van der Waals surface area contributed by atoms with E-state index >= 15 is 0 Å². The molecule has 1 unspecified atom stereocenters. The summed E-state index contributed by atoms with van der Waals surface area (Å²) in [5, 5.41) is 8.95. The van der Waals surface area contributed by atoms with Crippen molar-refractivity contribution in [2.75, 3.05) is 6.61 Å². The summed E-state index contributed by atoms with van der Waals surface area (Å²) < 4.78 is 18.3. The highest BCUT2D eigenvalue weighted by molar-refractivity contribution is 5.16. The highest BCUT2D eigenvalue weighted by Gasteiger charge is 2.00. The molecular weight excluding hydrogens is 183 g/mol. The Labute approximate surface area is 83.3 Å². The SMILES string of the molecule is CC(O)CCOCc1ccccc1F. The Kier molecular flexibility index (Phi) is 4.56. The first kappa shape index (κ1) is 11.1. The van der Waals surface area contributed by atoms with Crippen molar-refractivity contribution in [3.8, 4) is 0 Å². The first-order valence-corrected chi connectivity index (χ1v) is 4.69. The van der Waals surface area contributed by atoms with Crippen LogP contribution in [-0.4, -0.2) is 17.8 Å². The molecule has 14 heavy (non-hydrogen) atoms. The molecule has 1 rings (SSSR count). The van der Waals surface area contributed by atoms with Crippen LogP contribution in [0.1, 0.15) is 18.9 Å². The van der Waals surface area contributed by atoms with Crippen LogP contribution in [-0.2, 0) is 11.3 Å². The highest BCUT2D eigenvalue weighted by Crippen LogP contribution is 2.07. The van der Waals surface area contributed by atoms with Gasteiger partial charge in [-0.15, -0.1) is 0 Å². The molecule has 0 bridgehead atoms. The molecule has 0 saturated carbocycles. The molecular formula is C11H15FO2. The van der Waals surface area contributed by atoms with Crippen molar-refractivity contribution in [1.82, 2.24) is 0 Å². The van der Waals surface area contributed by atoms with Crippen molar-refractivity contribution in [1.29, 1.82) is 0 Å². The summed E-state index contributed by atoms with van der Waals surface area (Å²) in [4.78, 5) is 0. The van der Waals surface area contributed by atoms with Gasteiger partial charge in [0.2, 0.25) is 0 Å². The molecule has 1 N–H and O–H groups in total. The Morgan fingerprint density at radius 2 is 2.14 bits per heavy atom. The third kappa shape index (κ3) is 3.85. The van der Waals surface area contributed by atoms with Gasteiger partial charge in [-0.1, -0.05) is 18.2 Å². The van der Waals surface area contributed by atoms with E-state index in [1.807, 2.05) is 0 Å². The van der Waals surface area contributed by atoms with Crippen molar-refractivity contribution in [3.63, 3.8) is 0 Å². The summed E-state index contributed by atoms with van der Waals surface area (Å²) in [5.41, 5.74) is 0.554. The van der Waals surface area contributed by atoms with E-state index < -0.39 is 0 Å². The maximum atomic E-state index is 13.0. The second-order valence-electron chi connectivity index (χ2n) is 3.28. The van der Waals surface area contributed by atoms with Gasteiger partial charge in [-0.25, -0.2) is 4.39 Å². The molecule has 2 nitrogen and oxygen atoms in total. The number of aliphatic hydroxyl groups is 1. The van der Waals surface area contributed by atoms with Crippen molar-refractivity contribution < 1.29 is 14.2 Å². The van der Waals surface area contributed by atoms with Crippen LogP contribution in [0.15, 0.2) is 24.3 Å². The molecule has 0 heterocycles. The van der Waals surface area contributed by atoms with Crippen LogP contribution in [0, 0.1) is 5.82 Å². The third-order valence-electron chi connectivity index (χ3n) is 1.90. The van der Waals surface area contributed by atoms with Crippen molar-refractivity contribution >= 4 is 0 Å². The van der Waals surface area contributed by atoms with Gasteiger partial charge in [-0.2, -0.15) is 0 Å². The number of hydrogen-bond acceptors (Lipinski definition) is 2. The largest absolute Gasteiger partial charge is 0.393 e. The van der Waals surface area contributed by atoms with Crippen LogP contribution in [0.25, 0.3) is 0 Å². The summed E-state index contributed by atoms with van der Waals surface area (Å²) >= 11 is 0. The van der Waals surface area contributed by atoms with E-state index in [4.69, 9.17) is 9.84 Å². The first-order chi connectivity index (χ1) is 6.70. The fraction of sp³-hybridized carbons (Fsp3) is 0.455. The van der Waals surface area contributed by atoms with Crippen molar-refractivity contribution in [2.24, 2.45) is 0 Å². The van der Waals surface area contributed by atoms with E-state index in [0.29, 0.717) is 18.6 Å². The van der Waals surface area contributed by atoms with Gasteiger partial charge in [0.05, 0.1) is 12.7 Å². The number of hydrogen-bond donors (Lipinski definition) is 1. The van der Waals surface area contributed by atoms with Gasteiger partial charge >= 0.3 is 0 Å². The van der Waals surface area contributed by atoms with Crippen LogP contribution in [0.3, 0.4) is 0 Å². The molecule has 0 radical (unpaired) electrons. The average Bonchev–Trinajstić information content (AvgIpc) is 2.15. The quantitative estimate of drug-likeness (QED) is 0.734. The second kappa shape index (κ2) is 5.73. The summed E-state index contributed by atoms with van der Waals surface area (Å²) in [6.45, 7) is 2.41. The Bertz CT molecular complexity index is 274. The van der Waals surface area contributed by atoms with Gasteiger partial charge in [0.15, 0.2) is 0 Å². The minimum Gasteiger partial charge on any atom is -0.393 e. The van der Waals surface area contributed by atoms with Crippen molar-refractivity contribution in [2.45, 2.75) is 26.1 Å². The average molecular weight is 198 g/mol. The maximum absolute atomic E-state index is 13.0. The minimum atomic E-state index is -0.365. The highest BCUT2D eigenvalue weighted by atomic mass is 19.1. The summed E-state index contributed by atoms with van der Waals surface area (Å²) in [7, 11) is 0. The van der Waals surface area contributed by atoms with Crippen molar-refractivity contribution in [3.05, 3.63) is 35.6 Å². The number of benzene rings is 1. The summed E-state index contributed by atoms with van der Waals surface area (Å²) in [6, 6.07) is 6.52. The Hall–Kier alpha value is -0.930. The van der Waals surface area contributed by atoms with E-state index in [0.717, 1.165) is 0 Å². The minimum absolute atomic E-state index is 0.246. The fourth-order valence-electron chi connectivity index (χ4n) is 1.05. The molecule has 1 aromatic rings. The lowest BCUT2D eigenvalue weighted by Gasteiger charge is -2.06. The summed E-state index contributed by atoms with van der Waals surface area (Å²) in [6.07, 6.45) is 0.213. The Balaban J connectivity index is 2.28. The van der Waals surface area contributed by atoms with E-state index in [1.54, 1.807) is 25.1 Å². The summed E-state index contributed by atoms with van der Waals surface area (Å²) in [5.74, 6) is -0.246. The number of aliphatic hydroxyl groups excluding tert-OH is 1. The lowest BCUT2D eigenvalue weighted by molar-refractivity contribution is 0.0787. The van der Waals surface area contributed by atoms with Crippen LogP contribution in [0.5, 0.6) is 0 Å². The lowest BCUT2D eigenvalue weighted by atomic mass is 10.2. The molecule has 1 aromatic carbocycles. The molecule has 0 aliphatic carbocycles. The first-order valence-electron chi connectivity index (χ1n) is 4.69. The molecule has 3 heteroatoms. The zero-order chi connectivity index (χ0) is 10.4. The monoisotopic (exact) mass is 198 g/mol. The number of halogens is 1. The zero-order valence-electron chi connectivity index (χ0n) is 8.24. The Morgan fingerprint density at radius 1 is 1.43 bits per heavy atom. The standard InChI is InChI=1S/C11H15FO2/c1-9(13)6-7-14-8-10-4-2-3-5-11(10)12/h2-5,9,13H,6-8H2,1H3. The molecule has 0 fully saturated rings. The second-order valence-corrected chi connectivity index (χ2v) is 3.28. The predicted molar refractivity (Wildman–Crippen MR) is 52.4 cm³/mol. The third-order valence-corrected chi connectivity index (χ3v) is 1.90. The van der Waals surface area contributed by atoms with Gasteiger partial charge in [0, 0.05) is 12.2 Å². The molecule has 78 valence electrons. The maximum Gasteiger partial charge on any atom is 0.128 e. The van der Waals surface area contributed by atoms with E-state index in [-0.39, 0.29) is 18.5 Å². The van der Waals surface area contributed by atoms with Gasteiger partial charge in [-0.3, -0.25) is 0 Å². The molecule has 0 amide bonds. The van der Waals surface area contributed by atoms with Gasteiger partial charge in [0.25, 0.3) is 0 Å². The number of ether oxygens (including phenoxy) is 1. The van der Waals surface area contributed by atoms with E-state index in [2.05, 4.69) is 0 Å². The lowest BCUT2D eigenvalue weighted by Crippen LogP contribution is -2.06. The number of rotatable bonds is 5. The predicted octanol–water partition coefficient (Wildman–Crippen LogP) is 2.11. The van der Waals surface area contributed by atoms with Crippen LogP contribution in [0.2, 0.25) is 0 Å². The van der Waals surface area contributed by atoms with E-state index in [1.165, 1.54) is 6.07 Å². The van der Waals surface area contributed by atoms with Crippen LogP contribution >= 0.6 is 0 Å². The smallest absolute Gasteiger partial charge is 0.128 e. The molecule has 0 saturated heterocycles. The van der Waals surface area contributed by atoms with E-state index in [9.17, 15) is 4.39 Å². The normalized spacial score (nSPS) is 12.8. The van der Waals surface area contributed by atoms with Gasteiger partial charge in [0.1, 0.15) is 5.82 Å². The van der Waals surface area contributed by atoms with Crippen LogP contribution < -0.4 is 0 Å². The van der Waals surface area contributed by atoms with Crippen LogP contribution in [0.4, 0.5) is 4.39 Å². The molecule has 0 aliphatic rings.